The number of carbonyl (C=O) groups is 1. The van der Waals surface area contributed by atoms with Gasteiger partial charge < -0.3 is 4.79 Å². The zero-order valence-electron chi connectivity index (χ0n) is 9.40. The van der Waals surface area contributed by atoms with Crippen molar-refractivity contribution < 1.29 is 4.79 Å². The summed E-state index contributed by atoms with van der Waals surface area (Å²) >= 11 is 3.42. The summed E-state index contributed by atoms with van der Waals surface area (Å²) in [4.78, 5) is 10.6. The number of halogens is 1. The smallest absolute Gasteiger partial charge is 0.124 e. The van der Waals surface area contributed by atoms with Crippen molar-refractivity contribution >= 4 is 22.2 Å². The van der Waals surface area contributed by atoms with E-state index in [1.165, 1.54) is 11.1 Å². The Morgan fingerprint density at radius 3 is 2.24 bits per heavy atom. The summed E-state index contributed by atoms with van der Waals surface area (Å²) in [5.74, 6) is 0. The molecule has 0 aliphatic rings. The van der Waals surface area contributed by atoms with Crippen molar-refractivity contribution in [2.75, 3.05) is 0 Å². The van der Waals surface area contributed by atoms with E-state index in [4.69, 9.17) is 0 Å². The molecule has 17 heavy (non-hydrogen) atoms. The second-order valence-corrected chi connectivity index (χ2v) is 4.86. The number of rotatable bonds is 4. The minimum absolute atomic E-state index is 0.493. The largest absolute Gasteiger partial charge is 0.303 e. The first-order valence-electron chi connectivity index (χ1n) is 5.54. The van der Waals surface area contributed by atoms with Gasteiger partial charge in [0.25, 0.3) is 0 Å². The first kappa shape index (κ1) is 12.1. The molecule has 0 radical (unpaired) electrons. The van der Waals surface area contributed by atoms with Crippen LogP contribution in [0, 0.1) is 0 Å². The van der Waals surface area contributed by atoms with Crippen molar-refractivity contribution in [1.82, 2.24) is 0 Å². The van der Waals surface area contributed by atoms with Gasteiger partial charge in [-0.2, -0.15) is 0 Å². The Morgan fingerprint density at radius 2 is 1.59 bits per heavy atom. The van der Waals surface area contributed by atoms with Crippen molar-refractivity contribution in [3.8, 4) is 0 Å². The summed E-state index contributed by atoms with van der Waals surface area (Å²) < 4.78 is 1.09. The Labute approximate surface area is 110 Å². The molecule has 0 fully saturated rings. The van der Waals surface area contributed by atoms with Gasteiger partial charge in [-0.25, -0.2) is 0 Å². The molecule has 0 aliphatic carbocycles. The van der Waals surface area contributed by atoms with Crippen LogP contribution in [0.2, 0.25) is 0 Å². The van der Waals surface area contributed by atoms with Crippen LogP contribution in [-0.2, 0) is 17.6 Å². The predicted octanol–water partition coefficient (Wildman–Crippen LogP) is 3.78. The summed E-state index contributed by atoms with van der Waals surface area (Å²) in [6, 6.07) is 16.4. The molecule has 2 rings (SSSR count). The predicted molar refractivity (Wildman–Crippen MR) is 73.2 cm³/mol. The van der Waals surface area contributed by atoms with Crippen molar-refractivity contribution in [1.29, 1.82) is 0 Å². The minimum atomic E-state index is 0.493. The summed E-state index contributed by atoms with van der Waals surface area (Å²) in [5, 5.41) is 0. The molecule has 2 aromatic rings. The third-order valence-electron chi connectivity index (χ3n) is 2.73. The van der Waals surface area contributed by atoms with E-state index in [0.717, 1.165) is 22.7 Å². The molecule has 2 heteroatoms. The van der Waals surface area contributed by atoms with Crippen LogP contribution < -0.4 is 0 Å². The second-order valence-electron chi connectivity index (χ2n) is 3.94. The van der Waals surface area contributed by atoms with E-state index >= 15 is 0 Å². The van der Waals surface area contributed by atoms with Crippen molar-refractivity contribution in [2.24, 2.45) is 0 Å². The van der Waals surface area contributed by atoms with Gasteiger partial charge in [-0.1, -0.05) is 52.3 Å². The minimum Gasteiger partial charge on any atom is -0.303 e. The Hall–Kier alpha value is -1.41. The monoisotopic (exact) mass is 288 g/mol. The summed E-state index contributed by atoms with van der Waals surface area (Å²) in [5.41, 5.74) is 3.60. The van der Waals surface area contributed by atoms with Crippen LogP contribution >= 0.6 is 15.9 Å². The van der Waals surface area contributed by atoms with Gasteiger partial charge in [-0.3, -0.25) is 0 Å². The molecule has 0 aromatic heterocycles. The van der Waals surface area contributed by atoms with Crippen LogP contribution in [0.4, 0.5) is 0 Å². The SMILES string of the molecule is O=CCc1ccccc1Cc1ccc(Br)cc1. The van der Waals surface area contributed by atoms with Crippen LogP contribution in [-0.4, -0.2) is 6.29 Å². The Kier molecular flexibility index (Phi) is 4.10. The van der Waals surface area contributed by atoms with Gasteiger partial charge in [0.1, 0.15) is 6.29 Å². The standard InChI is InChI=1S/C15H13BrO/c16-15-7-5-12(6-8-15)11-14-4-2-1-3-13(14)9-10-17/h1-8,10H,9,11H2. The molecule has 0 heterocycles. The average Bonchev–Trinajstić information content (AvgIpc) is 2.35. The molecule has 0 saturated carbocycles. The molecule has 0 N–H and O–H groups in total. The maximum atomic E-state index is 10.6. The fraction of sp³-hybridized carbons (Fsp3) is 0.133. The van der Waals surface area contributed by atoms with Gasteiger partial charge in [-0.15, -0.1) is 0 Å². The Balaban J connectivity index is 2.23. The molecule has 0 saturated heterocycles. The number of hydrogen-bond donors (Lipinski definition) is 0. The average molecular weight is 289 g/mol. The van der Waals surface area contributed by atoms with Crippen molar-refractivity contribution in [3.05, 3.63) is 69.7 Å². The van der Waals surface area contributed by atoms with Gasteiger partial charge in [0.05, 0.1) is 0 Å². The highest BCUT2D eigenvalue weighted by Gasteiger charge is 2.02. The van der Waals surface area contributed by atoms with Gasteiger partial charge >= 0.3 is 0 Å². The van der Waals surface area contributed by atoms with Gasteiger partial charge in [0.2, 0.25) is 0 Å². The van der Waals surface area contributed by atoms with E-state index in [9.17, 15) is 4.79 Å². The lowest BCUT2D eigenvalue weighted by atomic mass is 9.98. The van der Waals surface area contributed by atoms with Crippen LogP contribution in [0.1, 0.15) is 16.7 Å². The molecule has 2 aromatic carbocycles. The van der Waals surface area contributed by atoms with E-state index in [1.807, 2.05) is 30.3 Å². The summed E-state index contributed by atoms with van der Waals surface area (Å²) in [6.45, 7) is 0. The molecule has 1 nitrogen and oxygen atoms in total. The molecule has 0 unspecified atom stereocenters. The summed E-state index contributed by atoms with van der Waals surface area (Å²) in [7, 11) is 0. The molecule has 0 atom stereocenters. The van der Waals surface area contributed by atoms with E-state index in [0.29, 0.717) is 6.42 Å². The maximum Gasteiger partial charge on any atom is 0.124 e. The van der Waals surface area contributed by atoms with Crippen LogP contribution in [0.25, 0.3) is 0 Å². The number of aldehydes is 1. The number of hydrogen-bond acceptors (Lipinski definition) is 1. The molecule has 0 bridgehead atoms. The topological polar surface area (TPSA) is 17.1 Å². The maximum absolute atomic E-state index is 10.6. The Bertz CT molecular complexity index is 503. The highest BCUT2D eigenvalue weighted by atomic mass is 79.9. The molecule has 86 valence electrons. The second kappa shape index (κ2) is 5.78. The van der Waals surface area contributed by atoms with Crippen molar-refractivity contribution in [2.45, 2.75) is 12.8 Å². The van der Waals surface area contributed by atoms with Crippen LogP contribution in [0.3, 0.4) is 0 Å². The first-order valence-corrected chi connectivity index (χ1v) is 6.34. The lowest BCUT2D eigenvalue weighted by Crippen LogP contribution is -1.96. The number of benzene rings is 2. The quantitative estimate of drug-likeness (QED) is 0.783. The molecular formula is C15H13BrO. The molecule has 0 spiro atoms. The van der Waals surface area contributed by atoms with E-state index < -0.39 is 0 Å². The third kappa shape index (κ3) is 3.27. The summed E-state index contributed by atoms with van der Waals surface area (Å²) in [6.07, 6.45) is 2.32. The highest BCUT2D eigenvalue weighted by Crippen LogP contribution is 2.17. The lowest BCUT2D eigenvalue weighted by Gasteiger charge is -2.07. The fourth-order valence-corrected chi connectivity index (χ4v) is 2.11. The third-order valence-corrected chi connectivity index (χ3v) is 3.26. The molecular weight excluding hydrogens is 276 g/mol. The lowest BCUT2D eigenvalue weighted by molar-refractivity contribution is -0.107. The van der Waals surface area contributed by atoms with Crippen LogP contribution in [0.5, 0.6) is 0 Å². The van der Waals surface area contributed by atoms with E-state index in [2.05, 4.69) is 34.1 Å². The Morgan fingerprint density at radius 1 is 0.941 bits per heavy atom. The van der Waals surface area contributed by atoms with Crippen molar-refractivity contribution in [3.63, 3.8) is 0 Å². The first-order chi connectivity index (χ1) is 8.29. The van der Waals surface area contributed by atoms with Crippen LogP contribution in [0.15, 0.2) is 53.0 Å². The highest BCUT2D eigenvalue weighted by molar-refractivity contribution is 9.10. The normalized spacial score (nSPS) is 10.2. The van der Waals surface area contributed by atoms with Gasteiger partial charge in [-0.05, 0) is 35.2 Å². The molecule has 0 aliphatic heterocycles. The fourth-order valence-electron chi connectivity index (χ4n) is 1.84. The zero-order valence-corrected chi connectivity index (χ0v) is 11.0. The zero-order chi connectivity index (χ0) is 12.1. The van der Waals surface area contributed by atoms with E-state index in [-0.39, 0.29) is 0 Å². The number of carbonyl (C=O) groups excluding carboxylic acids is 1. The van der Waals surface area contributed by atoms with Gasteiger partial charge in [0, 0.05) is 10.9 Å². The van der Waals surface area contributed by atoms with E-state index in [1.54, 1.807) is 0 Å². The van der Waals surface area contributed by atoms with Gasteiger partial charge in [0.15, 0.2) is 0 Å². The molecule has 0 amide bonds.